The Morgan fingerprint density at radius 1 is 1.40 bits per heavy atom. The topological polar surface area (TPSA) is 79.6 Å². The maximum Gasteiger partial charge on any atom is 0.191 e. The largest absolute Gasteiger partial charge is 0.379 e. The molecule has 25 heavy (non-hydrogen) atoms. The lowest BCUT2D eigenvalue weighted by molar-refractivity contribution is -0.0120. The second kappa shape index (κ2) is 8.86. The first-order valence-electron chi connectivity index (χ1n) is 8.99. The molecule has 8 nitrogen and oxygen atoms in total. The molecule has 0 amide bonds. The van der Waals surface area contributed by atoms with Gasteiger partial charge in [-0.25, -0.2) is 9.98 Å². The van der Waals surface area contributed by atoms with Crippen LogP contribution in [0.15, 0.2) is 11.3 Å². The summed E-state index contributed by atoms with van der Waals surface area (Å²) < 4.78 is 7.30. The molecule has 2 aliphatic rings. The van der Waals surface area contributed by atoms with E-state index in [4.69, 9.17) is 4.74 Å². The molecule has 0 aliphatic carbocycles. The van der Waals surface area contributed by atoms with Gasteiger partial charge in [-0.15, -0.1) is 0 Å². The fraction of sp³-hybridized carbons (Fsp3) is 0.812. The number of nitrogens with zero attached hydrogens (tertiary/aromatic N) is 5. The molecule has 0 aromatic carbocycles. The Kier molecular flexibility index (Phi) is 6.55. The molecule has 0 bridgehead atoms. The van der Waals surface area contributed by atoms with Crippen molar-refractivity contribution in [3.8, 4) is 0 Å². The number of hydrogen-bond donors (Lipinski definition) is 2. The highest BCUT2D eigenvalue weighted by Crippen LogP contribution is 2.33. The van der Waals surface area contributed by atoms with E-state index in [0.717, 1.165) is 51.2 Å². The SMILES string of the molecule is CCNC(=NCc1ncnn1C)NCC1(N2CCOCC2)CCSC1. The molecule has 1 aromatic heterocycles. The van der Waals surface area contributed by atoms with Gasteiger partial charge in [0.25, 0.3) is 0 Å². The van der Waals surface area contributed by atoms with Gasteiger partial charge in [-0.2, -0.15) is 16.9 Å². The van der Waals surface area contributed by atoms with Crippen molar-refractivity contribution in [2.75, 3.05) is 50.9 Å². The lowest BCUT2D eigenvalue weighted by atomic mass is 9.95. The average Bonchev–Trinajstić information content (AvgIpc) is 3.28. The number of aryl methyl sites for hydroxylation is 1. The summed E-state index contributed by atoms with van der Waals surface area (Å²) in [7, 11) is 1.89. The van der Waals surface area contributed by atoms with Crippen molar-refractivity contribution >= 4 is 17.7 Å². The number of rotatable bonds is 6. The predicted octanol–water partition coefficient (Wildman–Crippen LogP) is 0.0781. The zero-order valence-corrected chi connectivity index (χ0v) is 16.0. The Bertz CT molecular complexity index is 565. The van der Waals surface area contributed by atoms with Crippen LogP contribution in [0.25, 0.3) is 0 Å². The molecule has 1 atom stereocenters. The summed E-state index contributed by atoms with van der Waals surface area (Å²) in [6.07, 6.45) is 2.78. The zero-order chi connectivity index (χ0) is 17.5. The van der Waals surface area contributed by atoms with E-state index in [-0.39, 0.29) is 5.54 Å². The molecule has 2 fully saturated rings. The highest BCUT2D eigenvalue weighted by molar-refractivity contribution is 7.99. The number of ether oxygens (including phenoxy) is 1. The van der Waals surface area contributed by atoms with E-state index in [9.17, 15) is 0 Å². The molecule has 2 N–H and O–H groups in total. The molecule has 0 radical (unpaired) electrons. The minimum atomic E-state index is 0.204. The van der Waals surface area contributed by atoms with Crippen LogP contribution in [0.2, 0.25) is 0 Å². The molecule has 3 heterocycles. The predicted molar refractivity (Wildman–Crippen MR) is 101 cm³/mol. The Morgan fingerprint density at radius 3 is 2.88 bits per heavy atom. The minimum absolute atomic E-state index is 0.204. The normalized spacial score (nSPS) is 25.3. The summed E-state index contributed by atoms with van der Waals surface area (Å²) in [4.78, 5) is 11.5. The quantitative estimate of drug-likeness (QED) is 0.544. The third-order valence-corrected chi connectivity index (χ3v) is 6.11. The Labute approximate surface area is 153 Å². The van der Waals surface area contributed by atoms with Crippen molar-refractivity contribution < 1.29 is 4.74 Å². The number of hydrogen-bond acceptors (Lipinski definition) is 6. The number of aliphatic imine (C=N–C) groups is 1. The first kappa shape index (κ1) is 18.5. The van der Waals surface area contributed by atoms with Crippen molar-refractivity contribution in [1.29, 1.82) is 0 Å². The van der Waals surface area contributed by atoms with Gasteiger partial charge in [-0.3, -0.25) is 9.58 Å². The molecular weight excluding hydrogens is 338 g/mol. The van der Waals surface area contributed by atoms with E-state index in [0.29, 0.717) is 6.54 Å². The van der Waals surface area contributed by atoms with Gasteiger partial charge in [0.15, 0.2) is 5.96 Å². The van der Waals surface area contributed by atoms with Gasteiger partial charge in [0.1, 0.15) is 18.7 Å². The molecule has 2 aliphatic heterocycles. The Hall–Kier alpha value is -1.32. The highest BCUT2D eigenvalue weighted by Gasteiger charge is 2.40. The van der Waals surface area contributed by atoms with Gasteiger partial charge in [-0.1, -0.05) is 0 Å². The van der Waals surface area contributed by atoms with Crippen LogP contribution in [0.1, 0.15) is 19.2 Å². The van der Waals surface area contributed by atoms with Crippen LogP contribution < -0.4 is 10.6 Å². The fourth-order valence-corrected chi connectivity index (χ4v) is 4.82. The van der Waals surface area contributed by atoms with Crippen LogP contribution in [-0.4, -0.2) is 82.1 Å². The molecule has 0 saturated carbocycles. The summed E-state index contributed by atoms with van der Waals surface area (Å²) in [6, 6.07) is 0. The van der Waals surface area contributed by atoms with Crippen LogP contribution in [0, 0.1) is 0 Å². The van der Waals surface area contributed by atoms with Crippen LogP contribution in [0.3, 0.4) is 0 Å². The lowest BCUT2D eigenvalue weighted by Crippen LogP contribution is -2.60. The second-order valence-electron chi connectivity index (χ2n) is 6.47. The van der Waals surface area contributed by atoms with Crippen molar-refractivity contribution in [2.45, 2.75) is 25.4 Å². The molecule has 1 aromatic rings. The van der Waals surface area contributed by atoms with E-state index in [1.165, 1.54) is 17.9 Å². The molecule has 2 saturated heterocycles. The molecule has 9 heteroatoms. The molecule has 3 rings (SSSR count). The Balaban J connectivity index is 1.63. The third kappa shape index (κ3) is 4.65. The molecular formula is C16H29N7OS. The van der Waals surface area contributed by atoms with Gasteiger partial charge in [-0.05, 0) is 19.1 Å². The fourth-order valence-electron chi connectivity index (χ4n) is 3.34. The summed E-state index contributed by atoms with van der Waals surface area (Å²) >= 11 is 2.05. The van der Waals surface area contributed by atoms with E-state index < -0.39 is 0 Å². The number of nitrogens with one attached hydrogen (secondary N) is 2. The van der Waals surface area contributed by atoms with E-state index in [1.807, 2.05) is 18.8 Å². The Morgan fingerprint density at radius 2 is 2.24 bits per heavy atom. The van der Waals surface area contributed by atoms with Gasteiger partial charge < -0.3 is 15.4 Å². The maximum absolute atomic E-state index is 5.54. The van der Waals surface area contributed by atoms with Gasteiger partial charge >= 0.3 is 0 Å². The average molecular weight is 368 g/mol. The van der Waals surface area contributed by atoms with Crippen LogP contribution in [0.4, 0.5) is 0 Å². The van der Waals surface area contributed by atoms with Gasteiger partial charge in [0.05, 0.1) is 13.2 Å². The number of thioether (sulfide) groups is 1. The smallest absolute Gasteiger partial charge is 0.191 e. The van der Waals surface area contributed by atoms with Crippen molar-refractivity contribution in [3.05, 3.63) is 12.2 Å². The number of morpholine rings is 1. The summed E-state index contributed by atoms with van der Waals surface area (Å²) in [5, 5.41) is 11.0. The van der Waals surface area contributed by atoms with Crippen molar-refractivity contribution in [1.82, 2.24) is 30.3 Å². The highest BCUT2D eigenvalue weighted by atomic mass is 32.2. The molecule has 1 unspecified atom stereocenters. The minimum Gasteiger partial charge on any atom is -0.379 e. The van der Waals surface area contributed by atoms with E-state index >= 15 is 0 Å². The second-order valence-corrected chi connectivity index (χ2v) is 7.58. The summed E-state index contributed by atoms with van der Waals surface area (Å²) in [5.41, 5.74) is 0.204. The molecule has 0 spiro atoms. The third-order valence-electron chi connectivity index (χ3n) is 4.88. The van der Waals surface area contributed by atoms with Crippen LogP contribution >= 0.6 is 11.8 Å². The van der Waals surface area contributed by atoms with E-state index in [2.05, 4.69) is 37.5 Å². The lowest BCUT2D eigenvalue weighted by Gasteiger charge is -2.43. The van der Waals surface area contributed by atoms with E-state index in [1.54, 1.807) is 11.0 Å². The summed E-state index contributed by atoms with van der Waals surface area (Å²) in [5.74, 6) is 4.10. The summed E-state index contributed by atoms with van der Waals surface area (Å²) in [6.45, 7) is 8.08. The van der Waals surface area contributed by atoms with Crippen LogP contribution in [0.5, 0.6) is 0 Å². The van der Waals surface area contributed by atoms with Gasteiger partial charge in [0.2, 0.25) is 0 Å². The standard InChI is InChI=1S/C16H29N7OS/c1-3-17-15(18-10-14-20-13-21-22(14)2)19-11-16(4-9-25-12-16)23-5-7-24-8-6-23/h13H,3-12H2,1-2H3,(H2,17,18,19). The van der Waals surface area contributed by atoms with Gasteiger partial charge in [0, 0.05) is 44.5 Å². The first-order chi connectivity index (χ1) is 12.2. The monoisotopic (exact) mass is 367 g/mol. The van der Waals surface area contributed by atoms with Crippen molar-refractivity contribution in [2.24, 2.45) is 12.0 Å². The number of guanidine groups is 1. The molecule has 140 valence electrons. The van der Waals surface area contributed by atoms with Crippen molar-refractivity contribution in [3.63, 3.8) is 0 Å². The maximum atomic E-state index is 5.54. The van der Waals surface area contributed by atoms with Crippen LogP contribution in [-0.2, 0) is 18.3 Å². The number of aromatic nitrogens is 3. The zero-order valence-electron chi connectivity index (χ0n) is 15.2. The first-order valence-corrected chi connectivity index (χ1v) is 10.1.